The highest BCUT2D eigenvalue weighted by Gasteiger charge is 1.98. The number of alkyl halides is 2. The van der Waals surface area contributed by atoms with Gasteiger partial charge in [0.15, 0.2) is 0 Å². The fourth-order valence-corrected chi connectivity index (χ4v) is 1.01. The first-order valence-corrected chi connectivity index (χ1v) is 4.67. The molecule has 0 saturated carbocycles. The van der Waals surface area contributed by atoms with Crippen molar-refractivity contribution in [3.05, 3.63) is 17.5 Å². The Morgan fingerprint density at radius 1 is 1.44 bits per heavy atom. The summed E-state index contributed by atoms with van der Waals surface area (Å²) in [5.41, 5.74) is 0.935. The Labute approximate surface area is 69.9 Å². The van der Waals surface area contributed by atoms with Crippen LogP contribution in [0.3, 0.4) is 0 Å². The minimum Gasteiger partial charge on any atom is -0.360 e. The predicted molar refractivity (Wildman–Crippen MR) is 41.8 cm³/mol. The van der Waals surface area contributed by atoms with E-state index < -0.39 is 0 Å². The van der Waals surface area contributed by atoms with Gasteiger partial charge in [-0.2, -0.15) is 0 Å². The van der Waals surface area contributed by atoms with E-state index in [-0.39, 0.29) is 0 Å². The van der Waals surface area contributed by atoms with Gasteiger partial charge in [-0.15, -0.1) is 0 Å². The smallest absolute Gasteiger partial charge is 0.147 e. The molecule has 0 N–H and O–H groups in total. The average Bonchev–Trinajstić information content (AvgIpc) is 2.34. The molecular formula is C5H5Br2NO. The van der Waals surface area contributed by atoms with Crippen LogP contribution in [0.15, 0.2) is 10.6 Å². The molecule has 0 bridgehead atoms. The summed E-state index contributed by atoms with van der Waals surface area (Å²) in [6.45, 7) is 0. The minimum atomic E-state index is 0.729. The topological polar surface area (TPSA) is 26.0 Å². The molecule has 0 amide bonds. The summed E-state index contributed by atoms with van der Waals surface area (Å²) in [5, 5.41) is 5.24. The fraction of sp³-hybridized carbons (Fsp3) is 0.400. The Morgan fingerprint density at radius 2 is 2.22 bits per heavy atom. The van der Waals surface area contributed by atoms with Gasteiger partial charge in [0.1, 0.15) is 5.76 Å². The van der Waals surface area contributed by atoms with Crippen LogP contribution in [-0.4, -0.2) is 5.16 Å². The SMILES string of the molecule is BrCc1cc(CBr)on1. The van der Waals surface area contributed by atoms with Crippen LogP contribution >= 0.6 is 31.9 Å². The quantitative estimate of drug-likeness (QED) is 0.758. The predicted octanol–water partition coefficient (Wildman–Crippen LogP) is 2.46. The summed E-state index contributed by atoms with van der Waals surface area (Å²) >= 11 is 6.51. The second kappa shape index (κ2) is 3.37. The molecular weight excluding hydrogens is 250 g/mol. The van der Waals surface area contributed by atoms with Gasteiger partial charge in [0.05, 0.1) is 11.0 Å². The first kappa shape index (κ1) is 7.28. The summed E-state index contributed by atoms with van der Waals surface area (Å²) in [7, 11) is 0. The molecule has 0 fully saturated rings. The molecule has 0 spiro atoms. The van der Waals surface area contributed by atoms with Crippen LogP contribution in [0.5, 0.6) is 0 Å². The van der Waals surface area contributed by atoms with Gasteiger partial charge < -0.3 is 4.52 Å². The van der Waals surface area contributed by atoms with E-state index in [1.165, 1.54) is 0 Å². The van der Waals surface area contributed by atoms with Crippen LogP contribution in [0.25, 0.3) is 0 Å². The molecule has 0 unspecified atom stereocenters. The van der Waals surface area contributed by atoms with Gasteiger partial charge in [0, 0.05) is 11.4 Å². The Kier molecular flexibility index (Phi) is 2.72. The van der Waals surface area contributed by atoms with Crippen molar-refractivity contribution in [1.82, 2.24) is 5.16 Å². The number of hydrogen-bond acceptors (Lipinski definition) is 2. The molecule has 0 aliphatic heterocycles. The number of aromatic nitrogens is 1. The molecule has 0 aromatic carbocycles. The van der Waals surface area contributed by atoms with Crippen LogP contribution in [0, 0.1) is 0 Å². The van der Waals surface area contributed by atoms with E-state index in [0.717, 1.165) is 22.1 Å². The van der Waals surface area contributed by atoms with Crippen LogP contribution in [0.4, 0.5) is 0 Å². The van der Waals surface area contributed by atoms with Crippen molar-refractivity contribution in [2.24, 2.45) is 0 Å². The van der Waals surface area contributed by atoms with Crippen molar-refractivity contribution in [1.29, 1.82) is 0 Å². The molecule has 0 aliphatic carbocycles. The molecule has 1 heterocycles. The normalized spacial score (nSPS) is 10.0. The van der Waals surface area contributed by atoms with E-state index in [1.807, 2.05) is 6.07 Å². The molecule has 50 valence electrons. The highest BCUT2D eigenvalue weighted by Crippen LogP contribution is 2.09. The number of hydrogen-bond donors (Lipinski definition) is 0. The van der Waals surface area contributed by atoms with Crippen LogP contribution in [-0.2, 0) is 10.7 Å². The lowest BCUT2D eigenvalue weighted by molar-refractivity contribution is 0.391. The average molecular weight is 255 g/mol. The van der Waals surface area contributed by atoms with E-state index in [4.69, 9.17) is 4.52 Å². The molecule has 0 aliphatic rings. The molecule has 0 saturated heterocycles. The summed E-state index contributed by atoms with van der Waals surface area (Å²) in [6.07, 6.45) is 0. The molecule has 2 nitrogen and oxygen atoms in total. The number of rotatable bonds is 2. The van der Waals surface area contributed by atoms with Crippen molar-refractivity contribution in [2.45, 2.75) is 10.7 Å². The molecule has 1 rings (SSSR count). The molecule has 1 aromatic heterocycles. The largest absolute Gasteiger partial charge is 0.360 e. The first-order valence-electron chi connectivity index (χ1n) is 2.43. The lowest BCUT2D eigenvalue weighted by Gasteiger charge is -1.75. The van der Waals surface area contributed by atoms with E-state index in [1.54, 1.807) is 0 Å². The third-order valence-electron chi connectivity index (χ3n) is 0.876. The summed E-state index contributed by atoms with van der Waals surface area (Å²) in [5.74, 6) is 0.865. The van der Waals surface area contributed by atoms with Crippen molar-refractivity contribution in [3.63, 3.8) is 0 Å². The Hall–Kier alpha value is 0.170. The second-order valence-electron chi connectivity index (χ2n) is 1.55. The van der Waals surface area contributed by atoms with Gasteiger partial charge in [-0.1, -0.05) is 37.0 Å². The fourth-order valence-electron chi connectivity index (χ4n) is 0.482. The van der Waals surface area contributed by atoms with E-state index in [0.29, 0.717) is 0 Å². The Morgan fingerprint density at radius 3 is 2.56 bits per heavy atom. The molecule has 1 aromatic rings. The first-order chi connectivity index (χ1) is 4.36. The van der Waals surface area contributed by atoms with Crippen molar-refractivity contribution < 1.29 is 4.52 Å². The van der Waals surface area contributed by atoms with E-state index in [2.05, 4.69) is 37.0 Å². The monoisotopic (exact) mass is 253 g/mol. The van der Waals surface area contributed by atoms with Crippen LogP contribution in [0.1, 0.15) is 11.5 Å². The zero-order valence-corrected chi connectivity index (χ0v) is 7.77. The zero-order valence-electron chi connectivity index (χ0n) is 4.60. The van der Waals surface area contributed by atoms with E-state index in [9.17, 15) is 0 Å². The minimum absolute atomic E-state index is 0.729. The Bertz CT molecular complexity index is 168. The van der Waals surface area contributed by atoms with Crippen LogP contribution < -0.4 is 0 Å². The highest BCUT2D eigenvalue weighted by atomic mass is 79.9. The maximum Gasteiger partial charge on any atom is 0.147 e. The maximum atomic E-state index is 4.88. The summed E-state index contributed by atoms with van der Waals surface area (Å²) in [6, 6.07) is 1.91. The Balaban J connectivity index is 2.74. The van der Waals surface area contributed by atoms with Crippen molar-refractivity contribution in [3.8, 4) is 0 Å². The lowest BCUT2D eigenvalue weighted by Crippen LogP contribution is -1.70. The van der Waals surface area contributed by atoms with Crippen molar-refractivity contribution >= 4 is 31.9 Å². The van der Waals surface area contributed by atoms with Gasteiger partial charge >= 0.3 is 0 Å². The number of halogens is 2. The van der Waals surface area contributed by atoms with Gasteiger partial charge in [0.2, 0.25) is 0 Å². The maximum absolute atomic E-state index is 4.88. The molecule has 4 heteroatoms. The molecule has 9 heavy (non-hydrogen) atoms. The van der Waals surface area contributed by atoms with Crippen molar-refractivity contribution in [2.75, 3.05) is 0 Å². The highest BCUT2D eigenvalue weighted by molar-refractivity contribution is 9.08. The third kappa shape index (κ3) is 1.79. The van der Waals surface area contributed by atoms with E-state index >= 15 is 0 Å². The third-order valence-corrected chi connectivity index (χ3v) is 2.00. The lowest BCUT2D eigenvalue weighted by atomic mass is 10.4. The summed E-state index contributed by atoms with van der Waals surface area (Å²) < 4.78 is 4.88. The molecule has 0 atom stereocenters. The van der Waals surface area contributed by atoms with Gasteiger partial charge in [-0.3, -0.25) is 0 Å². The summed E-state index contributed by atoms with van der Waals surface area (Å²) in [4.78, 5) is 0. The van der Waals surface area contributed by atoms with Gasteiger partial charge in [-0.25, -0.2) is 0 Å². The standard InChI is InChI=1S/C5H5Br2NO/c6-2-4-1-5(3-7)9-8-4/h1H,2-3H2. The van der Waals surface area contributed by atoms with Crippen LogP contribution in [0.2, 0.25) is 0 Å². The number of nitrogens with zero attached hydrogens (tertiary/aromatic N) is 1. The van der Waals surface area contributed by atoms with Gasteiger partial charge in [-0.05, 0) is 0 Å². The zero-order chi connectivity index (χ0) is 6.69. The second-order valence-corrected chi connectivity index (χ2v) is 2.67. The molecule has 0 radical (unpaired) electrons. The van der Waals surface area contributed by atoms with Gasteiger partial charge in [0.25, 0.3) is 0 Å².